The van der Waals surface area contributed by atoms with E-state index in [1.165, 1.54) is 4.90 Å². The van der Waals surface area contributed by atoms with Crippen molar-refractivity contribution < 1.29 is 9.59 Å². The Morgan fingerprint density at radius 1 is 1.30 bits per heavy atom. The second kappa shape index (κ2) is 7.59. The Morgan fingerprint density at radius 2 is 2.04 bits per heavy atom. The molecule has 23 heavy (non-hydrogen) atoms. The van der Waals surface area contributed by atoms with Crippen molar-refractivity contribution in [3.63, 3.8) is 0 Å². The van der Waals surface area contributed by atoms with Crippen LogP contribution in [0.15, 0.2) is 18.2 Å². The molecule has 5 nitrogen and oxygen atoms in total. The van der Waals surface area contributed by atoms with Gasteiger partial charge in [-0.1, -0.05) is 18.6 Å². The van der Waals surface area contributed by atoms with E-state index in [9.17, 15) is 9.59 Å². The fourth-order valence-electron chi connectivity index (χ4n) is 3.30. The fourth-order valence-corrected chi connectivity index (χ4v) is 3.30. The van der Waals surface area contributed by atoms with Gasteiger partial charge in [-0.2, -0.15) is 0 Å². The molecular weight excluding hydrogens is 290 g/mol. The summed E-state index contributed by atoms with van der Waals surface area (Å²) >= 11 is 0. The Bertz CT molecular complexity index is 586. The van der Waals surface area contributed by atoms with E-state index in [4.69, 9.17) is 5.73 Å². The lowest BCUT2D eigenvalue weighted by atomic mass is 9.95. The second-order valence-electron chi connectivity index (χ2n) is 6.52. The molecule has 0 spiro atoms. The molecule has 2 rings (SSSR count). The number of anilines is 1. The normalized spacial score (nSPS) is 20.3. The number of rotatable bonds is 5. The monoisotopic (exact) mass is 317 g/mol. The van der Waals surface area contributed by atoms with Crippen molar-refractivity contribution in [1.29, 1.82) is 0 Å². The fraction of sp³-hybridized carbons (Fsp3) is 0.556. The Kier molecular flexibility index (Phi) is 5.77. The van der Waals surface area contributed by atoms with Gasteiger partial charge in [-0.25, -0.2) is 0 Å². The maximum Gasteiger partial charge on any atom is 0.243 e. The van der Waals surface area contributed by atoms with Crippen LogP contribution in [-0.2, 0) is 9.59 Å². The third kappa shape index (κ3) is 4.10. The number of likely N-dealkylation sites (N-methyl/N-ethyl adjacent to an activating group) is 1. The zero-order chi connectivity index (χ0) is 17.0. The van der Waals surface area contributed by atoms with Gasteiger partial charge in [0.1, 0.15) is 0 Å². The van der Waals surface area contributed by atoms with Crippen LogP contribution in [0.5, 0.6) is 0 Å². The largest absolute Gasteiger partial charge is 0.336 e. The molecule has 0 aliphatic heterocycles. The van der Waals surface area contributed by atoms with Gasteiger partial charge in [0, 0.05) is 18.7 Å². The molecule has 1 aromatic rings. The highest BCUT2D eigenvalue weighted by atomic mass is 16.2. The molecule has 2 amide bonds. The summed E-state index contributed by atoms with van der Waals surface area (Å²) in [5, 5.41) is 2.90. The number of hydrogen-bond acceptors (Lipinski definition) is 3. The van der Waals surface area contributed by atoms with E-state index in [2.05, 4.69) is 5.32 Å². The summed E-state index contributed by atoms with van der Waals surface area (Å²) < 4.78 is 0. The summed E-state index contributed by atoms with van der Waals surface area (Å²) in [4.78, 5) is 26.3. The van der Waals surface area contributed by atoms with E-state index in [1.807, 2.05) is 32.0 Å². The van der Waals surface area contributed by atoms with Gasteiger partial charge in [-0.3, -0.25) is 9.59 Å². The molecule has 126 valence electrons. The summed E-state index contributed by atoms with van der Waals surface area (Å²) in [6.07, 6.45) is 2.93. The third-order valence-electron chi connectivity index (χ3n) is 4.91. The Morgan fingerprint density at radius 3 is 2.74 bits per heavy atom. The summed E-state index contributed by atoms with van der Waals surface area (Å²) in [6.45, 7) is 4.59. The van der Waals surface area contributed by atoms with Gasteiger partial charge >= 0.3 is 0 Å². The van der Waals surface area contributed by atoms with Crippen molar-refractivity contribution in [2.45, 2.75) is 33.1 Å². The van der Waals surface area contributed by atoms with Gasteiger partial charge < -0.3 is 16.0 Å². The Hall–Kier alpha value is -1.88. The highest BCUT2D eigenvalue weighted by Crippen LogP contribution is 2.32. The molecule has 0 bridgehead atoms. The van der Waals surface area contributed by atoms with Crippen LogP contribution in [0.4, 0.5) is 5.69 Å². The first-order valence-electron chi connectivity index (χ1n) is 8.25. The van der Waals surface area contributed by atoms with Gasteiger partial charge in [-0.15, -0.1) is 0 Å². The van der Waals surface area contributed by atoms with E-state index in [1.54, 1.807) is 7.05 Å². The number of carbonyl (C=O) groups excluding carboxylic acids is 2. The number of nitrogens with zero attached hydrogens (tertiary/aromatic N) is 1. The van der Waals surface area contributed by atoms with Crippen molar-refractivity contribution in [3.05, 3.63) is 29.3 Å². The summed E-state index contributed by atoms with van der Waals surface area (Å²) in [5.41, 5.74) is 8.73. The molecule has 0 unspecified atom stereocenters. The van der Waals surface area contributed by atoms with Crippen molar-refractivity contribution in [3.8, 4) is 0 Å². The SMILES string of the molecule is Cc1cccc(NC(=O)CN(C)C(=O)[C@@H]2CCC[C@@H]2CN)c1C. The maximum absolute atomic E-state index is 12.5. The van der Waals surface area contributed by atoms with Crippen LogP contribution in [0.2, 0.25) is 0 Å². The molecule has 1 saturated carbocycles. The van der Waals surface area contributed by atoms with Crippen LogP contribution < -0.4 is 11.1 Å². The average Bonchev–Trinajstić information content (AvgIpc) is 2.99. The molecule has 2 atom stereocenters. The minimum absolute atomic E-state index is 0.0292. The average molecular weight is 317 g/mol. The minimum atomic E-state index is -0.170. The Balaban J connectivity index is 1.94. The number of nitrogens with two attached hydrogens (primary N) is 1. The topological polar surface area (TPSA) is 75.4 Å². The van der Waals surface area contributed by atoms with E-state index >= 15 is 0 Å². The first-order chi connectivity index (χ1) is 10.9. The highest BCUT2D eigenvalue weighted by molar-refractivity contribution is 5.95. The highest BCUT2D eigenvalue weighted by Gasteiger charge is 2.34. The Labute approximate surface area is 138 Å². The van der Waals surface area contributed by atoms with Gasteiger partial charge in [0.05, 0.1) is 6.54 Å². The predicted molar refractivity (Wildman–Crippen MR) is 92.1 cm³/mol. The second-order valence-corrected chi connectivity index (χ2v) is 6.52. The summed E-state index contributed by atoms with van der Waals surface area (Å²) in [7, 11) is 1.69. The first kappa shape index (κ1) is 17.5. The lowest BCUT2D eigenvalue weighted by Crippen LogP contribution is -2.40. The van der Waals surface area contributed by atoms with Crippen LogP contribution in [0, 0.1) is 25.7 Å². The number of aryl methyl sites for hydroxylation is 1. The van der Waals surface area contributed by atoms with Crippen LogP contribution in [-0.4, -0.2) is 36.9 Å². The molecule has 0 heterocycles. The number of carbonyl (C=O) groups is 2. The number of hydrogen-bond donors (Lipinski definition) is 2. The number of amides is 2. The van der Waals surface area contributed by atoms with Crippen molar-refractivity contribution in [2.24, 2.45) is 17.6 Å². The van der Waals surface area contributed by atoms with E-state index in [-0.39, 0.29) is 30.2 Å². The third-order valence-corrected chi connectivity index (χ3v) is 4.91. The quantitative estimate of drug-likeness (QED) is 0.873. The van der Waals surface area contributed by atoms with Crippen molar-refractivity contribution >= 4 is 17.5 Å². The molecule has 5 heteroatoms. The zero-order valence-electron chi connectivity index (χ0n) is 14.3. The predicted octanol–water partition coefficient (Wildman–Crippen LogP) is 2.08. The molecule has 1 fully saturated rings. The molecule has 1 aliphatic carbocycles. The lowest BCUT2D eigenvalue weighted by Gasteiger charge is -2.24. The molecule has 0 aromatic heterocycles. The molecule has 0 radical (unpaired) electrons. The van der Waals surface area contributed by atoms with Gasteiger partial charge in [-0.05, 0) is 56.3 Å². The lowest BCUT2D eigenvalue weighted by molar-refractivity contribution is -0.137. The molecule has 1 aromatic carbocycles. The van der Waals surface area contributed by atoms with Crippen LogP contribution in [0.25, 0.3) is 0 Å². The van der Waals surface area contributed by atoms with E-state index in [0.717, 1.165) is 36.1 Å². The smallest absolute Gasteiger partial charge is 0.243 e. The first-order valence-corrected chi connectivity index (χ1v) is 8.25. The van der Waals surface area contributed by atoms with Crippen molar-refractivity contribution in [1.82, 2.24) is 4.90 Å². The van der Waals surface area contributed by atoms with Gasteiger partial charge in [0.2, 0.25) is 11.8 Å². The molecule has 3 N–H and O–H groups in total. The van der Waals surface area contributed by atoms with E-state index < -0.39 is 0 Å². The van der Waals surface area contributed by atoms with Crippen LogP contribution >= 0.6 is 0 Å². The van der Waals surface area contributed by atoms with Crippen molar-refractivity contribution in [2.75, 3.05) is 25.5 Å². The maximum atomic E-state index is 12.5. The standard InChI is InChI=1S/C18H27N3O2/c1-12-6-4-9-16(13(12)2)20-17(22)11-21(3)18(23)15-8-5-7-14(15)10-19/h4,6,9,14-15H,5,7-8,10-11,19H2,1-3H3,(H,20,22)/t14-,15-/m1/s1. The minimum Gasteiger partial charge on any atom is -0.336 e. The zero-order valence-corrected chi connectivity index (χ0v) is 14.3. The number of benzene rings is 1. The summed E-state index contributed by atoms with van der Waals surface area (Å²) in [6, 6.07) is 5.80. The van der Waals surface area contributed by atoms with Gasteiger partial charge in [0.25, 0.3) is 0 Å². The molecule has 0 saturated heterocycles. The molecular formula is C18H27N3O2. The number of nitrogens with one attached hydrogen (secondary N) is 1. The van der Waals surface area contributed by atoms with Crippen LogP contribution in [0.3, 0.4) is 0 Å². The van der Waals surface area contributed by atoms with E-state index in [0.29, 0.717) is 6.54 Å². The molecule has 1 aliphatic rings. The van der Waals surface area contributed by atoms with Crippen LogP contribution in [0.1, 0.15) is 30.4 Å². The van der Waals surface area contributed by atoms with Gasteiger partial charge in [0.15, 0.2) is 0 Å². The summed E-state index contributed by atoms with van der Waals surface area (Å²) in [5.74, 6) is 0.0939.